The number of nitrogens with zero attached hydrogens (tertiary/aromatic N) is 2. The van der Waals surface area contributed by atoms with E-state index in [1.54, 1.807) is 42.2 Å². The molecule has 10 heteroatoms. The van der Waals surface area contributed by atoms with Gasteiger partial charge in [0.1, 0.15) is 0 Å². The Balaban J connectivity index is 1.68. The van der Waals surface area contributed by atoms with Gasteiger partial charge in [-0.15, -0.1) is 0 Å². The zero-order valence-corrected chi connectivity index (χ0v) is 17.4. The fourth-order valence-electron chi connectivity index (χ4n) is 3.58. The molecular formula is C21H19N3O6S. The summed E-state index contributed by atoms with van der Waals surface area (Å²) in [6, 6.07) is 11.9. The predicted molar refractivity (Wildman–Crippen MR) is 114 cm³/mol. The standard InChI is InChI=1S/C21H19N3O6S/c1-14-6-9-17(24(26)27)13-20(14)31(28,29)22-16-8-7-15-4-2-10-23(18(15)12-16)21(25)19-5-3-11-30-19/h3,5-9,11-13,22H,2,4,10H2,1H3. The molecule has 0 aliphatic carbocycles. The van der Waals surface area contributed by atoms with Gasteiger partial charge in [-0.2, -0.15) is 0 Å². The first kappa shape index (κ1) is 20.6. The van der Waals surface area contributed by atoms with Gasteiger partial charge in [-0.05, 0) is 55.2 Å². The van der Waals surface area contributed by atoms with Crippen LogP contribution in [0.15, 0.2) is 64.1 Å². The number of fused-ring (bicyclic) bond motifs is 1. The summed E-state index contributed by atoms with van der Waals surface area (Å²) in [6.07, 6.45) is 2.95. The van der Waals surface area contributed by atoms with Gasteiger partial charge in [0, 0.05) is 24.4 Å². The average molecular weight is 441 g/mol. The van der Waals surface area contributed by atoms with E-state index < -0.39 is 14.9 Å². The van der Waals surface area contributed by atoms with Crippen LogP contribution in [0.25, 0.3) is 0 Å². The molecule has 4 rings (SSSR count). The second-order valence-corrected chi connectivity index (χ2v) is 8.84. The van der Waals surface area contributed by atoms with Crippen molar-refractivity contribution < 1.29 is 22.6 Å². The van der Waals surface area contributed by atoms with Crippen molar-refractivity contribution in [1.82, 2.24) is 0 Å². The van der Waals surface area contributed by atoms with Crippen LogP contribution < -0.4 is 9.62 Å². The maximum atomic E-state index is 12.9. The zero-order valence-electron chi connectivity index (χ0n) is 16.6. The lowest BCUT2D eigenvalue weighted by Crippen LogP contribution is -2.35. The van der Waals surface area contributed by atoms with E-state index in [4.69, 9.17) is 4.42 Å². The van der Waals surface area contributed by atoms with Crippen LogP contribution in [0.5, 0.6) is 0 Å². The van der Waals surface area contributed by atoms with Gasteiger partial charge in [-0.25, -0.2) is 8.42 Å². The van der Waals surface area contributed by atoms with Gasteiger partial charge in [0.25, 0.3) is 21.6 Å². The number of nitro groups is 1. The Kier molecular flexibility index (Phi) is 5.24. The predicted octanol–water partition coefficient (Wildman–Crippen LogP) is 3.89. The first-order valence-corrected chi connectivity index (χ1v) is 11.0. The molecule has 0 unspecified atom stereocenters. The summed E-state index contributed by atoms with van der Waals surface area (Å²) in [6.45, 7) is 2.04. The monoisotopic (exact) mass is 441 g/mol. The van der Waals surface area contributed by atoms with Crippen LogP contribution >= 0.6 is 0 Å². The number of non-ortho nitro benzene ring substituents is 1. The van der Waals surface area contributed by atoms with Crippen molar-refractivity contribution >= 4 is 33.0 Å². The smallest absolute Gasteiger partial charge is 0.293 e. The Morgan fingerprint density at radius 1 is 1.19 bits per heavy atom. The number of carbonyl (C=O) groups excluding carboxylic acids is 1. The summed E-state index contributed by atoms with van der Waals surface area (Å²) in [4.78, 5) is 24.6. The third-order valence-corrected chi connectivity index (χ3v) is 6.63. The summed E-state index contributed by atoms with van der Waals surface area (Å²) >= 11 is 0. The minimum atomic E-state index is -4.08. The maximum absolute atomic E-state index is 12.9. The number of nitrogens with one attached hydrogen (secondary N) is 1. The Morgan fingerprint density at radius 3 is 2.71 bits per heavy atom. The number of hydrogen-bond donors (Lipinski definition) is 1. The van der Waals surface area contributed by atoms with Crippen molar-refractivity contribution in [3.63, 3.8) is 0 Å². The highest BCUT2D eigenvalue weighted by Crippen LogP contribution is 2.32. The molecule has 0 fully saturated rings. The van der Waals surface area contributed by atoms with Crippen molar-refractivity contribution in [2.75, 3.05) is 16.2 Å². The van der Waals surface area contributed by atoms with E-state index in [9.17, 15) is 23.3 Å². The van der Waals surface area contributed by atoms with Crippen LogP contribution in [0.3, 0.4) is 0 Å². The van der Waals surface area contributed by atoms with Gasteiger partial charge in [-0.1, -0.05) is 12.1 Å². The number of nitro benzene ring substituents is 1. The molecular weight excluding hydrogens is 422 g/mol. The highest BCUT2D eigenvalue weighted by atomic mass is 32.2. The fourth-order valence-corrected chi connectivity index (χ4v) is 4.90. The lowest BCUT2D eigenvalue weighted by atomic mass is 10.0. The Bertz CT molecular complexity index is 1270. The zero-order chi connectivity index (χ0) is 22.2. The van der Waals surface area contributed by atoms with Crippen LogP contribution in [-0.4, -0.2) is 25.8 Å². The summed E-state index contributed by atoms with van der Waals surface area (Å²) in [5.74, 6) is -0.105. The Hall–Kier alpha value is -3.66. The second-order valence-electron chi connectivity index (χ2n) is 7.19. The van der Waals surface area contributed by atoms with Gasteiger partial charge >= 0.3 is 0 Å². The summed E-state index contributed by atoms with van der Waals surface area (Å²) in [5.41, 5.74) is 1.84. The molecule has 2 aromatic carbocycles. The molecule has 2 heterocycles. The lowest BCUT2D eigenvalue weighted by molar-refractivity contribution is -0.385. The van der Waals surface area contributed by atoms with E-state index >= 15 is 0 Å². The highest BCUT2D eigenvalue weighted by Gasteiger charge is 2.27. The molecule has 0 bridgehead atoms. The normalized spacial score (nSPS) is 13.5. The molecule has 1 aromatic heterocycles. The summed E-state index contributed by atoms with van der Waals surface area (Å²) < 4.78 is 33.6. The lowest BCUT2D eigenvalue weighted by Gasteiger charge is -2.29. The molecule has 31 heavy (non-hydrogen) atoms. The van der Waals surface area contributed by atoms with Crippen molar-refractivity contribution in [3.8, 4) is 0 Å². The molecule has 1 amide bonds. The topological polar surface area (TPSA) is 123 Å². The minimum Gasteiger partial charge on any atom is -0.459 e. The molecule has 0 saturated carbocycles. The minimum absolute atomic E-state index is 0.178. The van der Waals surface area contributed by atoms with E-state index in [1.807, 2.05) is 0 Å². The Labute approximate surface area is 178 Å². The molecule has 0 saturated heterocycles. The fraction of sp³-hybridized carbons (Fsp3) is 0.190. The number of anilines is 2. The van der Waals surface area contributed by atoms with Crippen LogP contribution in [0.2, 0.25) is 0 Å². The van der Waals surface area contributed by atoms with Crippen LogP contribution in [0.4, 0.5) is 17.1 Å². The largest absolute Gasteiger partial charge is 0.459 e. The molecule has 0 spiro atoms. The molecule has 1 aliphatic heterocycles. The molecule has 3 aromatic rings. The van der Waals surface area contributed by atoms with Crippen molar-refractivity contribution in [2.45, 2.75) is 24.7 Å². The van der Waals surface area contributed by atoms with Crippen LogP contribution in [0.1, 0.15) is 28.1 Å². The van der Waals surface area contributed by atoms with Gasteiger partial charge in [0.2, 0.25) is 0 Å². The van der Waals surface area contributed by atoms with E-state index in [0.717, 1.165) is 24.5 Å². The number of hydrogen-bond acceptors (Lipinski definition) is 6. The van der Waals surface area contributed by atoms with Gasteiger partial charge in [0.15, 0.2) is 5.76 Å². The molecule has 9 nitrogen and oxygen atoms in total. The summed E-state index contributed by atoms with van der Waals surface area (Å²) in [5, 5.41) is 11.1. The number of benzene rings is 2. The van der Waals surface area contributed by atoms with Crippen molar-refractivity contribution in [1.29, 1.82) is 0 Å². The first-order valence-electron chi connectivity index (χ1n) is 9.52. The van der Waals surface area contributed by atoms with Gasteiger partial charge < -0.3 is 9.32 Å². The van der Waals surface area contributed by atoms with E-state index in [-0.39, 0.29) is 27.9 Å². The molecule has 1 aliphatic rings. The summed E-state index contributed by atoms with van der Waals surface area (Å²) in [7, 11) is -4.08. The molecule has 0 radical (unpaired) electrons. The molecule has 1 N–H and O–H groups in total. The molecule has 0 atom stereocenters. The van der Waals surface area contributed by atoms with E-state index in [1.165, 1.54) is 18.4 Å². The SMILES string of the molecule is Cc1ccc([N+](=O)[O-])cc1S(=O)(=O)Nc1ccc2c(c1)N(C(=O)c1ccco1)CCC2. The third kappa shape index (κ3) is 4.02. The highest BCUT2D eigenvalue weighted by molar-refractivity contribution is 7.92. The number of carbonyl (C=O) groups is 1. The number of aryl methyl sites for hydroxylation is 2. The van der Waals surface area contributed by atoms with Crippen molar-refractivity contribution in [3.05, 3.63) is 81.8 Å². The van der Waals surface area contributed by atoms with Crippen LogP contribution in [-0.2, 0) is 16.4 Å². The third-order valence-electron chi connectivity index (χ3n) is 5.11. The quantitative estimate of drug-likeness (QED) is 0.473. The maximum Gasteiger partial charge on any atom is 0.293 e. The number of sulfonamides is 1. The van der Waals surface area contributed by atoms with Gasteiger partial charge in [-0.3, -0.25) is 19.6 Å². The number of amides is 1. The molecule has 160 valence electrons. The Morgan fingerprint density at radius 2 is 2.00 bits per heavy atom. The van der Waals surface area contributed by atoms with Crippen LogP contribution in [0, 0.1) is 17.0 Å². The number of rotatable bonds is 5. The van der Waals surface area contributed by atoms with Crippen molar-refractivity contribution in [2.24, 2.45) is 0 Å². The van der Waals surface area contributed by atoms with E-state index in [2.05, 4.69) is 4.72 Å². The average Bonchev–Trinajstić information content (AvgIpc) is 3.27. The number of furan rings is 1. The van der Waals surface area contributed by atoms with Gasteiger partial charge in [0.05, 0.1) is 21.8 Å². The van der Waals surface area contributed by atoms with E-state index in [0.29, 0.717) is 17.8 Å². The first-order chi connectivity index (χ1) is 14.8. The second kappa shape index (κ2) is 7.88.